The summed E-state index contributed by atoms with van der Waals surface area (Å²) >= 11 is 1.49. The van der Waals surface area contributed by atoms with Gasteiger partial charge < -0.3 is 14.7 Å². The highest BCUT2D eigenvalue weighted by atomic mass is 32.2. The maximum Gasteiger partial charge on any atom is 0.286 e. The highest BCUT2D eigenvalue weighted by Crippen LogP contribution is 2.31. The Bertz CT molecular complexity index is 957. The fourth-order valence-corrected chi connectivity index (χ4v) is 4.50. The molecule has 29 heavy (non-hydrogen) atoms. The van der Waals surface area contributed by atoms with E-state index in [0.29, 0.717) is 4.91 Å². The van der Waals surface area contributed by atoms with Gasteiger partial charge in [0.1, 0.15) is 0 Å². The van der Waals surface area contributed by atoms with Gasteiger partial charge >= 0.3 is 0 Å². The van der Waals surface area contributed by atoms with E-state index in [1.165, 1.54) is 23.0 Å². The first kappa shape index (κ1) is 19.6. The van der Waals surface area contributed by atoms with Crippen molar-refractivity contribution >= 4 is 40.3 Å². The SMILES string of the molecule is Cc1cccc(N2CCN(C3=NC(=O)C(=Cc4ccc(N(C)C)cc4)S3)CC2)c1. The summed E-state index contributed by atoms with van der Waals surface area (Å²) in [5, 5.41) is 0.829. The van der Waals surface area contributed by atoms with E-state index in [2.05, 4.69) is 63.0 Å². The van der Waals surface area contributed by atoms with Gasteiger partial charge in [0.15, 0.2) is 5.17 Å². The highest BCUT2D eigenvalue weighted by Gasteiger charge is 2.28. The molecule has 6 heteroatoms. The summed E-state index contributed by atoms with van der Waals surface area (Å²) in [6, 6.07) is 16.8. The third-order valence-corrected chi connectivity index (χ3v) is 6.28. The number of aliphatic imine (C=N–C) groups is 1. The van der Waals surface area contributed by atoms with E-state index < -0.39 is 0 Å². The van der Waals surface area contributed by atoms with Crippen LogP contribution in [0.3, 0.4) is 0 Å². The molecule has 0 spiro atoms. The van der Waals surface area contributed by atoms with E-state index >= 15 is 0 Å². The second-order valence-corrected chi connectivity index (χ2v) is 8.62. The van der Waals surface area contributed by atoms with E-state index in [0.717, 1.165) is 42.6 Å². The summed E-state index contributed by atoms with van der Waals surface area (Å²) in [5.41, 5.74) is 4.70. The number of carbonyl (C=O) groups is 1. The minimum atomic E-state index is -0.136. The predicted octanol–water partition coefficient (Wildman–Crippen LogP) is 3.85. The molecule has 0 atom stereocenters. The van der Waals surface area contributed by atoms with Crippen LogP contribution in [-0.4, -0.2) is 56.2 Å². The fraction of sp³-hybridized carbons (Fsp3) is 0.304. The Morgan fingerprint density at radius 1 is 1.00 bits per heavy atom. The summed E-state index contributed by atoms with van der Waals surface area (Å²) in [6.07, 6.45) is 1.94. The molecule has 0 radical (unpaired) electrons. The van der Waals surface area contributed by atoms with Gasteiger partial charge in [0, 0.05) is 51.6 Å². The molecule has 1 amide bonds. The molecule has 1 fully saturated rings. The quantitative estimate of drug-likeness (QED) is 0.724. The van der Waals surface area contributed by atoms with E-state index in [1.807, 2.05) is 32.3 Å². The Hall–Kier alpha value is -2.73. The monoisotopic (exact) mass is 406 g/mol. The number of anilines is 2. The van der Waals surface area contributed by atoms with Gasteiger partial charge in [-0.1, -0.05) is 24.3 Å². The van der Waals surface area contributed by atoms with Crippen LogP contribution in [0.25, 0.3) is 6.08 Å². The number of carbonyl (C=O) groups excluding carboxylic acids is 1. The number of rotatable bonds is 3. The lowest BCUT2D eigenvalue weighted by atomic mass is 10.2. The maximum absolute atomic E-state index is 12.4. The summed E-state index contributed by atoms with van der Waals surface area (Å²) in [7, 11) is 4.03. The van der Waals surface area contributed by atoms with Crippen LogP contribution in [0.5, 0.6) is 0 Å². The van der Waals surface area contributed by atoms with Gasteiger partial charge in [-0.3, -0.25) is 4.79 Å². The van der Waals surface area contributed by atoms with Gasteiger partial charge in [-0.2, -0.15) is 4.99 Å². The number of amides is 1. The number of aryl methyl sites for hydroxylation is 1. The van der Waals surface area contributed by atoms with Gasteiger partial charge in [0.05, 0.1) is 4.91 Å². The van der Waals surface area contributed by atoms with Gasteiger partial charge in [0.25, 0.3) is 5.91 Å². The Morgan fingerprint density at radius 2 is 1.69 bits per heavy atom. The molecule has 150 valence electrons. The molecule has 2 aromatic rings. The molecule has 0 bridgehead atoms. The number of piperazine rings is 1. The van der Waals surface area contributed by atoms with Crippen LogP contribution in [0.2, 0.25) is 0 Å². The number of hydrogen-bond acceptors (Lipinski definition) is 5. The zero-order valence-corrected chi connectivity index (χ0v) is 17.9. The zero-order valence-electron chi connectivity index (χ0n) is 17.1. The third kappa shape index (κ3) is 4.48. The minimum Gasteiger partial charge on any atom is -0.378 e. The average Bonchev–Trinajstić information content (AvgIpc) is 3.09. The largest absolute Gasteiger partial charge is 0.378 e. The summed E-state index contributed by atoms with van der Waals surface area (Å²) in [5.74, 6) is -0.136. The van der Waals surface area contributed by atoms with Crippen molar-refractivity contribution in [3.8, 4) is 0 Å². The summed E-state index contributed by atoms with van der Waals surface area (Å²) in [4.78, 5) is 24.1. The normalized spacial score (nSPS) is 18.4. The van der Waals surface area contributed by atoms with Crippen LogP contribution < -0.4 is 9.80 Å². The first-order chi connectivity index (χ1) is 14.0. The average molecular weight is 407 g/mol. The van der Waals surface area contributed by atoms with Crippen LogP contribution in [0, 0.1) is 6.92 Å². The van der Waals surface area contributed by atoms with Gasteiger partial charge in [-0.05, 0) is 60.2 Å². The van der Waals surface area contributed by atoms with Crippen molar-refractivity contribution in [3.05, 3.63) is 64.6 Å². The minimum absolute atomic E-state index is 0.136. The van der Waals surface area contributed by atoms with Crippen LogP contribution in [0.4, 0.5) is 11.4 Å². The lowest BCUT2D eigenvalue weighted by Gasteiger charge is -2.36. The molecular formula is C23H26N4OS. The molecule has 2 aliphatic heterocycles. The highest BCUT2D eigenvalue weighted by molar-refractivity contribution is 8.18. The number of amidine groups is 1. The Kier molecular flexibility index (Phi) is 5.62. The smallest absolute Gasteiger partial charge is 0.286 e. The van der Waals surface area contributed by atoms with Crippen molar-refractivity contribution in [3.63, 3.8) is 0 Å². The molecule has 2 aliphatic rings. The number of benzene rings is 2. The van der Waals surface area contributed by atoms with E-state index in [-0.39, 0.29) is 5.91 Å². The molecule has 2 aromatic carbocycles. The van der Waals surface area contributed by atoms with E-state index in [9.17, 15) is 4.79 Å². The first-order valence-corrected chi connectivity index (χ1v) is 10.7. The maximum atomic E-state index is 12.4. The molecule has 0 saturated carbocycles. The van der Waals surface area contributed by atoms with Crippen LogP contribution >= 0.6 is 11.8 Å². The van der Waals surface area contributed by atoms with Gasteiger partial charge in [0.2, 0.25) is 0 Å². The zero-order chi connectivity index (χ0) is 20.4. The topological polar surface area (TPSA) is 39.1 Å². The Labute approximate surface area is 176 Å². The van der Waals surface area contributed by atoms with Crippen LogP contribution in [0.15, 0.2) is 58.4 Å². The second kappa shape index (κ2) is 8.33. The Morgan fingerprint density at radius 3 is 2.34 bits per heavy atom. The van der Waals surface area contributed by atoms with Crippen molar-refractivity contribution in [2.75, 3.05) is 50.1 Å². The standard InChI is InChI=1S/C23H26N4OS/c1-17-5-4-6-20(15-17)26-11-13-27(14-12-26)23-24-22(28)21(29-23)16-18-7-9-19(10-8-18)25(2)3/h4-10,15-16H,11-14H2,1-3H3. The molecule has 0 N–H and O–H groups in total. The van der Waals surface area contributed by atoms with Crippen LogP contribution in [-0.2, 0) is 4.79 Å². The molecule has 0 aliphatic carbocycles. The third-order valence-electron chi connectivity index (χ3n) is 5.23. The fourth-order valence-electron chi connectivity index (χ4n) is 3.53. The van der Waals surface area contributed by atoms with E-state index in [4.69, 9.17) is 0 Å². The molecule has 0 unspecified atom stereocenters. The van der Waals surface area contributed by atoms with Crippen molar-refractivity contribution in [1.29, 1.82) is 0 Å². The molecule has 2 heterocycles. The Balaban J connectivity index is 1.39. The lowest BCUT2D eigenvalue weighted by Crippen LogP contribution is -2.47. The summed E-state index contributed by atoms with van der Waals surface area (Å²) in [6.45, 7) is 5.73. The number of hydrogen-bond donors (Lipinski definition) is 0. The summed E-state index contributed by atoms with van der Waals surface area (Å²) < 4.78 is 0. The second-order valence-electron chi connectivity index (χ2n) is 7.61. The lowest BCUT2D eigenvalue weighted by molar-refractivity contribution is -0.113. The number of thioether (sulfide) groups is 1. The van der Waals surface area contributed by atoms with Crippen molar-refractivity contribution in [1.82, 2.24) is 4.90 Å². The number of nitrogens with zero attached hydrogens (tertiary/aromatic N) is 4. The van der Waals surface area contributed by atoms with E-state index in [1.54, 1.807) is 0 Å². The molecular weight excluding hydrogens is 380 g/mol. The van der Waals surface area contributed by atoms with Crippen LogP contribution in [0.1, 0.15) is 11.1 Å². The van der Waals surface area contributed by atoms with Gasteiger partial charge in [-0.15, -0.1) is 0 Å². The van der Waals surface area contributed by atoms with Crippen molar-refractivity contribution in [2.45, 2.75) is 6.92 Å². The molecule has 1 saturated heterocycles. The van der Waals surface area contributed by atoms with Crippen molar-refractivity contribution in [2.24, 2.45) is 4.99 Å². The van der Waals surface area contributed by atoms with Gasteiger partial charge in [-0.25, -0.2) is 0 Å². The molecule has 5 nitrogen and oxygen atoms in total. The molecule has 4 rings (SSSR count). The van der Waals surface area contributed by atoms with Crippen molar-refractivity contribution < 1.29 is 4.79 Å². The molecule has 0 aromatic heterocycles. The predicted molar refractivity (Wildman–Crippen MR) is 124 cm³/mol. The first-order valence-electron chi connectivity index (χ1n) is 9.86.